The number of carbonyl (C=O) groups excluding carboxylic acids is 1. The topological polar surface area (TPSA) is 88.8 Å². The zero-order valence-electron chi connectivity index (χ0n) is 18.8. The van der Waals surface area contributed by atoms with Crippen LogP contribution in [0.15, 0.2) is 61.6 Å². The van der Waals surface area contributed by atoms with Crippen molar-refractivity contribution in [3.63, 3.8) is 0 Å². The Balaban J connectivity index is 1.25. The fraction of sp³-hybridized carbons (Fsp3) is 0.320. The number of nitrogens with one attached hydrogen (secondary N) is 1. The van der Waals surface area contributed by atoms with E-state index in [1.807, 2.05) is 41.2 Å². The highest BCUT2D eigenvalue weighted by molar-refractivity contribution is 6.29. The Morgan fingerprint density at radius 2 is 2.00 bits per heavy atom. The van der Waals surface area contributed by atoms with Crippen molar-refractivity contribution in [1.29, 1.82) is 0 Å². The molecule has 0 spiro atoms. The summed E-state index contributed by atoms with van der Waals surface area (Å²) in [4.78, 5) is 32.4. The molecule has 1 aliphatic heterocycles. The largest absolute Gasteiger partial charge is 0.356 e. The van der Waals surface area contributed by atoms with Gasteiger partial charge >= 0.3 is 0 Å². The average molecular weight is 476 g/mol. The first-order chi connectivity index (χ1) is 16.7. The molecule has 1 aliphatic rings. The molecule has 8 nitrogen and oxygen atoms in total. The molecule has 0 saturated carbocycles. The van der Waals surface area contributed by atoms with E-state index < -0.39 is 0 Å². The smallest absolute Gasteiger partial charge is 0.223 e. The quantitative estimate of drug-likeness (QED) is 0.321. The Morgan fingerprint density at radius 1 is 1.12 bits per heavy atom. The molecule has 0 unspecified atom stereocenters. The predicted molar refractivity (Wildman–Crippen MR) is 133 cm³/mol. The number of pyridine rings is 3. The minimum absolute atomic E-state index is 0.0274. The Kier molecular flexibility index (Phi) is 6.67. The van der Waals surface area contributed by atoms with Gasteiger partial charge in [-0.3, -0.25) is 9.78 Å². The monoisotopic (exact) mass is 475 g/mol. The second-order valence-electron chi connectivity index (χ2n) is 8.50. The second-order valence-corrected chi connectivity index (χ2v) is 8.89. The molecule has 4 aromatic heterocycles. The Hall–Kier alpha value is -3.52. The number of piperidine rings is 1. The summed E-state index contributed by atoms with van der Waals surface area (Å²) in [5.74, 6) is 1.09. The van der Waals surface area contributed by atoms with E-state index in [2.05, 4.69) is 25.2 Å². The summed E-state index contributed by atoms with van der Waals surface area (Å²) in [5, 5.41) is 5.61. The lowest BCUT2D eigenvalue weighted by Crippen LogP contribution is -2.41. The molecule has 34 heavy (non-hydrogen) atoms. The van der Waals surface area contributed by atoms with Gasteiger partial charge in [0.15, 0.2) is 0 Å². The third kappa shape index (κ3) is 5.02. The number of carbonyl (C=O) groups is 1. The van der Waals surface area contributed by atoms with Gasteiger partial charge in [0.25, 0.3) is 0 Å². The summed E-state index contributed by atoms with van der Waals surface area (Å²) in [6.45, 7) is 3.08. The van der Waals surface area contributed by atoms with Crippen LogP contribution in [0.3, 0.4) is 0 Å². The number of amides is 1. The summed E-state index contributed by atoms with van der Waals surface area (Å²) in [7, 11) is 0. The number of fused-ring (bicyclic) bond motifs is 1. The van der Waals surface area contributed by atoms with Gasteiger partial charge in [-0.15, -0.1) is 0 Å². The zero-order chi connectivity index (χ0) is 23.3. The van der Waals surface area contributed by atoms with Gasteiger partial charge in [0.1, 0.15) is 11.0 Å². The fourth-order valence-electron chi connectivity index (χ4n) is 4.42. The van der Waals surface area contributed by atoms with Crippen LogP contribution >= 0.6 is 11.6 Å². The van der Waals surface area contributed by atoms with Crippen LogP contribution in [0.5, 0.6) is 0 Å². The molecule has 0 radical (unpaired) electrons. The third-order valence-corrected chi connectivity index (χ3v) is 6.46. The number of halogens is 1. The number of hydrogen-bond acceptors (Lipinski definition) is 6. The molecule has 1 fully saturated rings. The van der Waals surface area contributed by atoms with Gasteiger partial charge in [-0.25, -0.2) is 15.0 Å². The highest BCUT2D eigenvalue weighted by Crippen LogP contribution is 2.32. The maximum Gasteiger partial charge on any atom is 0.223 e. The molecule has 4 aromatic rings. The van der Waals surface area contributed by atoms with Gasteiger partial charge in [-0.2, -0.15) is 0 Å². The first-order valence-electron chi connectivity index (χ1n) is 11.5. The number of nitrogens with zero attached hydrogens (tertiary/aromatic N) is 6. The van der Waals surface area contributed by atoms with E-state index in [-0.39, 0.29) is 11.8 Å². The molecule has 0 bridgehead atoms. The minimum Gasteiger partial charge on any atom is -0.356 e. The zero-order valence-corrected chi connectivity index (χ0v) is 19.5. The summed E-state index contributed by atoms with van der Waals surface area (Å²) < 4.78 is 2.02. The molecular formula is C25H26ClN7O. The molecule has 0 aromatic carbocycles. The lowest BCUT2D eigenvalue weighted by Gasteiger charge is -2.33. The Morgan fingerprint density at radius 3 is 2.79 bits per heavy atom. The number of imidazole rings is 1. The Bertz CT molecular complexity index is 1270. The van der Waals surface area contributed by atoms with Crippen molar-refractivity contribution in [2.75, 3.05) is 24.5 Å². The normalized spacial score (nSPS) is 14.4. The van der Waals surface area contributed by atoms with Gasteiger partial charge in [-0.05, 0) is 43.5 Å². The maximum absolute atomic E-state index is 12.7. The molecule has 1 saturated heterocycles. The van der Waals surface area contributed by atoms with E-state index in [0.29, 0.717) is 11.7 Å². The summed E-state index contributed by atoms with van der Waals surface area (Å²) >= 11 is 6.11. The van der Waals surface area contributed by atoms with E-state index in [0.717, 1.165) is 66.7 Å². The number of aryl methyl sites for hydroxylation is 1. The molecule has 9 heteroatoms. The molecule has 5 heterocycles. The van der Waals surface area contributed by atoms with Crippen LogP contribution in [0.2, 0.25) is 5.15 Å². The number of rotatable bonds is 7. The van der Waals surface area contributed by atoms with Gasteiger partial charge in [0.2, 0.25) is 5.91 Å². The van der Waals surface area contributed by atoms with Crippen molar-refractivity contribution < 1.29 is 4.79 Å². The average Bonchev–Trinajstić information content (AvgIpc) is 3.39. The minimum atomic E-state index is 0.0274. The summed E-state index contributed by atoms with van der Waals surface area (Å²) in [6, 6.07) is 7.75. The van der Waals surface area contributed by atoms with E-state index in [1.165, 1.54) is 0 Å². The molecule has 1 N–H and O–H groups in total. The Labute approximate surface area is 203 Å². The van der Waals surface area contributed by atoms with Crippen molar-refractivity contribution in [2.45, 2.75) is 25.8 Å². The van der Waals surface area contributed by atoms with E-state index in [1.54, 1.807) is 24.9 Å². The summed E-state index contributed by atoms with van der Waals surface area (Å²) in [6.07, 6.45) is 13.3. The van der Waals surface area contributed by atoms with Crippen molar-refractivity contribution in [3.8, 4) is 11.3 Å². The van der Waals surface area contributed by atoms with Crippen molar-refractivity contribution in [3.05, 3.63) is 66.7 Å². The first kappa shape index (κ1) is 22.3. The first-order valence-corrected chi connectivity index (χ1v) is 11.9. The summed E-state index contributed by atoms with van der Waals surface area (Å²) in [5.41, 5.74) is 1.74. The third-order valence-electron chi connectivity index (χ3n) is 6.25. The standard InChI is InChI=1S/C25H26ClN7O/c26-23-15-19(2-8-29-23)22-14-20-16-27-7-3-21(20)24(31-22)33-11-4-18(5-12-33)25(34)30-6-1-10-32-13-9-28-17-32/h2-3,7-9,13-18H,1,4-6,10-12H2,(H,30,34). The van der Waals surface area contributed by atoms with Crippen molar-refractivity contribution >= 4 is 34.1 Å². The van der Waals surface area contributed by atoms with E-state index in [9.17, 15) is 4.79 Å². The predicted octanol–water partition coefficient (Wildman–Crippen LogP) is 3.96. The molecule has 5 rings (SSSR count). The maximum atomic E-state index is 12.7. The lowest BCUT2D eigenvalue weighted by atomic mass is 9.95. The number of aromatic nitrogens is 5. The highest BCUT2D eigenvalue weighted by Gasteiger charge is 2.26. The van der Waals surface area contributed by atoms with Gasteiger partial charge in [0, 0.05) is 79.4 Å². The van der Waals surface area contributed by atoms with Crippen LogP contribution in [-0.2, 0) is 11.3 Å². The van der Waals surface area contributed by atoms with Gasteiger partial charge in [-0.1, -0.05) is 11.6 Å². The van der Waals surface area contributed by atoms with E-state index >= 15 is 0 Å². The van der Waals surface area contributed by atoms with Crippen LogP contribution in [0.4, 0.5) is 5.82 Å². The SMILES string of the molecule is O=C(NCCCn1ccnc1)C1CCN(c2nc(-c3ccnc(Cl)c3)cc3cnccc23)CC1. The van der Waals surface area contributed by atoms with Crippen molar-refractivity contribution in [2.24, 2.45) is 5.92 Å². The highest BCUT2D eigenvalue weighted by atomic mass is 35.5. The fourth-order valence-corrected chi connectivity index (χ4v) is 4.59. The molecule has 0 atom stereocenters. The molecule has 1 amide bonds. The number of hydrogen-bond donors (Lipinski definition) is 1. The van der Waals surface area contributed by atoms with Crippen LogP contribution in [0.1, 0.15) is 19.3 Å². The van der Waals surface area contributed by atoms with Gasteiger partial charge < -0.3 is 14.8 Å². The molecule has 0 aliphatic carbocycles. The lowest BCUT2D eigenvalue weighted by molar-refractivity contribution is -0.125. The van der Waals surface area contributed by atoms with Crippen LogP contribution in [0.25, 0.3) is 22.0 Å². The molecular weight excluding hydrogens is 450 g/mol. The van der Waals surface area contributed by atoms with E-state index in [4.69, 9.17) is 16.6 Å². The van der Waals surface area contributed by atoms with Crippen molar-refractivity contribution in [1.82, 2.24) is 29.8 Å². The van der Waals surface area contributed by atoms with Crippen LogP contribution < -0.4 is 10.2 Å². The van der Waals surface area contributed by atoms with Crippen LogP contribution in [-0.4, -0.2) is 50.0 Å². The van der Waals surface area contributed by atoms with Crippen LogP contribution in [0, 0.1) is 5.92 Å². The number of anilines is 1. The van der Waals surface area contributed by atoms with Gasteiger partial charge in [0.05, 0.1) is 12.0 Å². The second kappa shape index (κ2) is 10.2. The molecule has 174 valence electrons.